The van der Waals surface area contributed by atoms with E-state index in [4.69, 9.17) is 10.7 Å². The predicted octanol–water partition coefficient (Wildman–Crippen LogP) is 2.53. The number of amidine groups is 1. The molecular weight excluding hydrogens is 384 g/mol. The van der Waals surface area contributed by atoms with Crippen LogP contribution in [-0.2, 0) is 11.3 Å². The van der Waals surface area contributed by atoms with E-state index >= 15 is 0 Å². The number of carbonyl (C=O) groups excluding carboxylic acids is 1. The zero-order chi connectivity index (χ0) is 21.0. The van der Waals surface area contributed by atoms with Gasteiger partial charge in [-0.05, 0) is 49.9 Å². The van der Waals surface area contributed by atoms with Crippen LogP contribution in [-0.4, -0.2) is 23.1 Å². The summed E-state index contributed by atoms with van der Waals surface area (Å²) in [6.45, 7) is 4.26. The number of hydrogen-bond acceptors (Lipinski definition) is 7. The van der Waals surface area contributed by atoms with Crippen LogP contribution < -0.4 is 16.4 Å². The van der Waals surface area contributed by atoms with Crippen LogP contribution >= 0.6 is 11.8 Å². The Morgan fingerprint density at radius 3 is 2.69 bits per heavy atom. The van der Waals surface area contributed by atoms with Gasteiger partial charge in [0.25, 0.3) is 0 Å². The monoisotopic (exact) mass is 406 g/mol. The number of allylic oxidation sites excluding steroid dienone is 1. The third-order valence-corrected chi connectivity index (χ3v) is 5.36. The molecule has 2 heterocycles. The predicted molar refractivity (Wildman–Crippen MR) is 114 cm³/mol. The fraction of sp³-hybridized carbons (Fsp3) is 0.238. The first kappa shape index (κ1) is 20.6. The number of aryl methyl sites for hydroxylation is 1. The summed E-state index contributed by atoms with van der Waals surface area (Å²) < 4.78 is 0. The lowest BCUT2D eigenvalue weighted by Crippen LogP contribution is -2.32. The molecular formula is C21H22N6OS. The van der Waals surface area contributed by atoms with Gasteiger partial charge in [-0.15, -0.1) is 0 Å². The van der Waals surface area contributed by atoms with Gasteiger partial charge in [0.05, 0.1) is 11.1 Å². The number of hydrogen-bond donors (Lipinski definition) is 3. The van der Waals surface area contributed by atoms with Gasteiger partial charge in [-0.2, -0.15) is 5.26 Å². The van der Waals surface area contributed by atoms with Crippen LogP contribution in [0, 0.1) is 18.3 Å². The molecule has 1 atom stereocenters. The molecule has 1 amide bonds. The number of amides is 1. The number of rotatable bonds is 5. The van der Waals surface area contributed by atoms with Crippen molar-refractivity contribution in [2.45, 2.75) is 31.5 Å². The van der Waals surface area contributed by atoms with Crippen molar-refractivity contribution in [3.63, 3.8) is 0 Å². The van der Waals surface area contributed by atoms with Crippen LogP contribution in [0.15, 0.2) is 57.7 Å². The molecule has 29 heavy (non-hydrogen) atoms. The molecule has 0 radical (unpaired) electrons. The molecule has 1 aromatic carbocycles. The van der Waals surface area contributed by atoms with E-state index in [0.29, 0.717) is 33.6 Å². The maximum atomic E-state index is 12.1. The number of thioether (sulfide) groups is 1. The molecule has 1 aromatic heterocycles. The molecule has 8 heteroatoms. The Morgan fingerprint density at radius 1 is 1.34 bits per heavy atom. The van der Waals surface area contributed by atoms with Gasteiger partial charge in [-0.1, -0.05) is 30.3 Å². The zero-order valence-electron chi connectivity index (χ0n) is 16.5. The number of nitrogens with zero attached hydrogens (tertiary/aromatic N) is 3. The second kappa shape index (κ2) is 8.90. The van der Waals surface area contributed by atoms with Crippen LogP contribution in [0.2, 0.25) is 0 Å². The van der Waals surface area contributed by atoms with Crippen LogP contribution in [0.25, 0.3) is 0 Å². The Kier molecular flexibility index (Phi) is 6.32. The second-order valence-electron chi connectivity index (χ2n) is 6.62. The Hall–Kier alpha value is -3.15. The fourth-order valence-corrected chi connectivity index (χ4v) is 4.23. The third kappa shape index (κ3) is 4.47. The highest BCUT2D eigenvalue weighted by molar-refractivity contribution is 8.13. The molecule has 7 nitrogen and oxygen atoms in total. The van der Waals surface area contributed by atoms with Gasteiger partial charge in [-0.25, -0.2) is 9.98 Å². The molecule has 0 saturated carbocycles. The van der Waals surface area contributed by atoms with Crippen molar-refractivity contribution in [2.75, 3.05) is 7.05 Å². The summed E-state index contributed by atoms with van der Waals surface area (Å²) in [6.07, 6.45) is 0. The summed E-state index contributed by atoms with van der Waals surface area (Å²) in [6, 6.07) is 13.2. The maximum absolute atomic E-state index is 12.1. The molecule has 1 aliphatic heterocycles. The molecule has 0 saturated heterocycles. The summed E-state index contributed by atoms with van der Waals surface area (Å²) in [5.74, 6) is -0.514. The van der Waals surface area contributed by atoms with E-state index < -0.39 is 11.9 Å². The number of pyridine rings is 1. The quantitative estimate of drug-likeness (QED) is 0.703. The molecule has 0 bridgehead atoms. The van der Waals surface area contributed by atoms with Crippen molar-refractivity contribution in [3.8, 4) is 6.07 Å². The molecule has 0 spiro atoms. The van der Waals surface area contributed by atoms with Crippen LogP contribution in [0.3, 0.4) is 0 Å². The van der Waals surface area contributed by atoms with Crippen molar-refractivity contribution in [2.24, 2.45) is 10.7 Å². The van der Waals surface area contributed by atoms with Gasteiger partial charge >= 0.3 is 0 Å². The number of carbonyl (C=O) groups is 1. The Morgan fingerprint density at radius 2 is 2.07 bits per heavy atom. The highest BCUT2D eigenvalue weighted by Gasteiger charge is 2.28. The summed E-state index contributed by atoms with van der Waals surface area (Å²) >= 11 is 1.28. The van der Waals surface area contributed by atoms with Crippen LogP contribution in [0.1, 0.15) is 35.3 Å². The number of nitrogens with one attached hydrogen (secondary N) is 2. The highest BCUT2D eigenvalue weighted by atomic mass is 32.2. The number of aromatic nitrogens is 1. The molecule has 2 aromatic rings. The van der Waals surface area contributed by atoms with Crippen LogP contribution in [0.5, 0.6) is 0 Å². The topological polar surface area (TPSA) is 116 Å². The third-order valence-electron chi connectivity index (χ3n) is 4.47. The van der Waals surface area contributed by atoms with E-state index in [1.54, 1.807) is 6.92 Å². The van der Waals surface area contributed by atoms with E-state index in [-0.39, 0.29) is 0 Å². The highest BCUT2D eigenvalue weighted by Crippen LogP contribution is 2.34. The molecule has 0 aliphatic carbocycles. The number of nitriles is 1. The normalized spacial score (nSPS) is 16.1. The summed E-state index contributed by atoms with van der Waals surface area (Å²) in [5, 5.41) is 17.0. The van der Waals surface area contributed by atoms with E-state index in [9.17, 15) is 10.1 Å². The average Bonchev–Trinajstić information content (AvgIpc) is 2.68. The van der Waals surface area contributed by atoms with Gasteiger partial charge < -0.3 is 16.4 Å². The molecule has 148 valence electrons. The molecule has 0 unspecified atom stereocenters. The van der Waals surface area contributed by atoms with Crippen molar-refractivity contribution >= 4 is 22.8 Å². The summed E-state index contributed by atoms with van der Waals surface area (Å²) in [4.78, 5) is 21.3. The first-order chi connectivity index (χ1) is 13.9. The lowest BCUT2D eigenvalue weighted by molar-refractivity contribution is -0.114. The Bertz CT molecular complexity index is 1040. The first-order valence-electron chi connectivity index (χ1n) is 9.08. The van der Waals surface area contributed by atoms with Gasteiger partial charge in [0.15, 0.2) is 5.17 Å². The number of aliphatic imine (C=N–C) groups is 1. The molecule has 3 rings (SSSR count). The van der Waals surface area contributed by atoms with E-state index in [0.717, 1.165) is 16.8 Å². The smallest absolute Gasteiger partial charge is 0.248 e. The van der Waals surface area contributed by atoms with E-state index in [1.165, 1.54) is 11.8 Å². The van der Waals surface area contributed by atoms with Crippen molar-refractivity contribution in [1.82, 2.24) is 15.6 Å². The van der Waals surface area contributed by atoms with Crippen LogP contribution in [0.4, 0.5) is 0 Å². The van der Waals surface area contributed by atoms with Gasteiger partial charge in [0, 0.05) is 17.9 Å². The summed E-state index contributed by atoms with van der Waals surface area (Å²) in [7, 11) is 1.83. The summed E-state index contributed by atoms with van der Waals surface area (Å²) in [5.41, 5.74) is 9.78. The minimum absolute atomic E-state index is 0.425. The van der Waals surface area contributed by atoms with E-state index in [2.05, 4.69) is 21.7 Å². The Balaban J connectivity index is 2.03. The lowest BCUT2D eigenvalue weighted by Gasteiger charge is -2.25. The largest absolute Gasteiger partial charge is 0.366 e. The minimum Gasteiger partial charge on any atom is -0.366 e. The lowest BCUT2D eigenvalue weighted by atomic mass is 9.96. The van der Waals surface area contributed by atoms with Crippen molar-refractivity contribution < 1.29 is 4.79 Å². The Labute approximate surface area is 174 Å². The number of benzene rings is 1. The maximum Gasteiger partial charge on any atom is 0.248 e. The first-order valence-corrected chi connectivity index (χ1v) is 9.89. The fourth-order valence-electron chi connectivity index (χ4n) is 3.22. The van der Waals surface area contributed by atoms with Gasteiger partial charge in [-0.3, -0.25) is 4.79 Å². The standard InChI is InChI=1S/C21H22N6OS/c1-12-9-15(11-24-3)16(10-22)20(25-12)29-21-26-13(2)17(19(23)28)18(27-21)14-7-5-4-6-8-14/h4-9,18,24H,11H2,1-3H3,(H2,23,28)(H,26,27)/t18-/m1/s1. The van der Waals surface area contributed by atoms with Crippen molar-refractivity contribution in [3.05, 3.63) is 70.1 Å². The number of nitrogens with two attached hydrogens (primary N) is 1. The molecule has 0 fully saturated rings. The minimum atomic E-state index is -0.514. The van der Waals surface area contributed by atoms with E-state index in [1.807, 2.05) is 50.4 Å². The average molecular weight is 407 g/mol. The van der Waals surface area contributed by atoms with Gasteiger partial charge in [0.2, 0.25) is 5.91 Å². The number of primary amides is 1. The SMILES string of the molecule is CNCc1cc(C)nc(SC2=N[C@H](c3ccccc3)C(C(N)=O)=C(C)N2)c1C#N. The van der Waals surface area contributed by atoms with Gasteiger partial charge in [0.1, 0.15) is 17.1 Å². The second-order valence-corrected chi connectivity index (χ2v) is 7.60. The molecule has 1 aliphatic rings. The zero-order valence-corrected chi connectivity index (χ0v) is 17.3. The molecule has 4 N–H and O–H groups in total. The van der Waals surface area contributed by atoms with Crippen molar-refractivity contribution in [1.29, 1.82) is 5.26 Å².